The summed E-state index contributed by atoms with van der Waals surface area (Å²) in [5.74, 6) is -0.273. The zero-order valence-corrected chi connectivity index (χ0v) is 12.0. The van der Waals surface area contributed by atoms with Gasteiger partial charge in [-0.2, -0.15) is 0 Å². The van der Waals surface area contributed by atoms with Crippen LogP contribution in [0.3, 0.4) is 0 Å². The predicted octanol–water partition coefficient (Wildman–Crippen LogP) is -2.30. The standard InChI is InChI=1S/C14H22O8/c15-6-10-11(18)12(19)13(20)14(22-10)21-4-3-9(17)7-1-2-8(16)5-7/h1-2,7,9-15,17-20H,3-6H2/t7-,9+,10-,11-,12+,13-,14-/m1/s1. The SMILES string of the molecule is O=C1C=C[C@@H]([C@@H](O)CCO[C@@H]2O[C@H](CO)[C@@H](O)[C@H](O)[C@H]2O)C1. The Morgan fingerprint density at radius 3 is 2.59 bits per heavy atom. The summed E-state index contributed by atoms with van der Waals surface area (Å²) in [6.45, 7) is -0.495. The Morgan fingerprint density at radius 1 is 1.27 bits per heavy atom. The molecule has 0 aromatic carbocycles. The van der Waals surface area contributed by atoms with Gasteiger partial charge in [0.25, 0.3) is 0 Å². The molecule has 7 atom stereocenters. The van der Waals surface area contributed by atoms with E-state index in [-0.39, 0.29) is 31.1 Å². The van der Waals surface area contributed by atoms with Crippen molar-refractivity contribution >= 4 is 5.78 Å². The first-order valence-electron chi connectivity index (χ1n) is 7.25. The maximum Gasteiger partial charge on any atom is 0.186 e. The maximum atomic E-state index is 11.1. The molecule has 0 unspecified atom stereocenters. The van der Waals surface area contributed by atoms with Crippen LogP contribution >= 0.6 is 0 Å². The van der Waals surface area contributed by atoms with E-state index in [4.69, 9.17) is 14.6 Å². The number of allylic oxidation sites excluding steroid dienone is 1. The summed E-state index contributed by atoms with van der Waals surface area (Å²) >= 11 is 0. The van der Waals surface area contributed by atoms with Crippen LogP contribution in [0.25, 0.3) is 0 Å². The van der Waals surface area contributed by atoms with Gasteiger partial charge in [-0.05, 0) is 12.5 Å². The first kappa shape index (κ1) is 17.5. The van der Waals surface area contributed by atoms with E-state index in [1.165, 1.54) is 6.08 Å². The normalized spacial score (nSPS) is 40.1. The minimum atomic E-state index is -1.49. The number of carbonyl (C=O) groups is 1. The minimum Gasteiger partial charge on any atom is -0.394 e. The number of hydrogen-bond donors (Lipinski definition) is 5. The van der Waals surface area contributed by atoms with Gasteiger partial charge in [0.2, 0.25) is 0 Å². The first-order chi connectivity index (χ1) is 10.4. The predicted molar refractivity (Wildman–Crippen MR) is 72.6 cm³/mol. The Kier molecular flexibility index (Phi) is 6.04. The molecule has 2 aliphatic rings. The topological polar surface area (TPSA) is 137 Å². The Morgan fingerprint density at radius 2 is 2.00 bits per heavy atom. The summed E-state index contributed by atoms with van der Waals surface area (Å²) in [7, 11) is 0. The summed E-state index contributed by atoms with van der Waals surface area (Å²) in [5.41, 5.74) is 0. The van der Waals surface area contributed by atoms with Crippen LogP contribution in [-0.2, 0) is 14.3 Å². The number of ketones is 1. The highest BCUT2D eigenvalue weighted by molar-refractivity contribution is 5.92. The average Bonchev–Trinajstić information content (AvgIpc) is 2.93. The van der Waals surface area contributed by atoms with Gasteiger partial charge < -0.3 is 35.0 Å². The van der Waals surface area contributed by atoms with Gasteiger partial charge in [0.05, 0.1) is 19.3 Å². The number of rotatable bonds is 6. The molecule has 126 valence electrons. The molecule has 1 heterocycles. The molecule has 0 aromatic rings. The van der Waals surface area contributed by atoms with Gasteiger partial charge in [-0.3, -0.25) is 4.79 Å². The van der Waals surface area contributed by atoms with E-state index in [2.05, 4.69) is 0 Å². The van der Waals surface area contributed by atoms with Gasteiger partial charge in [0, 0.05) is 12.3 Å². The number of hydrogen-bond acceptors (Lipinski definition) is 8. The van der Waals surface area contributed by atoms with Gasteiger partial charge in [-0.1, -0.05) is 6.08 Å². The molecule has 2 rings (SSSR count). The highest BCUT2D eigenvalue weighted by Crippen LogP contribution is 2.23. The van der Waals surface area contributed by atoms with Crippen LogP contribution < -0.4 is 0 Å². The summed E-state index contributed by atoms with van der Waals surface area (Å²) in [5, 5.41) is 48.0. The largest absolute Gasteiger partial charge is 0.394 e. The lowest BCUT2D eigenvalue weighted by Crippen LogP contribution is -2.59. The van der Waals surface area contributed by atoms with E-state index in [0.29, 0.717) is 0 Å². The van der Waals surface area contributed by atoms with Gasteiger partial charge in [-0.15, -0.1) is 0 Å². The number of aliphatic hydroxyl groups excluding tert-OH is 5. The fourth-order valence-corrected chi connectivity index (χ4v) is 2.59. The third kappa shape index (κ3) is 3.90. The highest BCUT2D eigenvalue weighted by Gasteiger charge is 2.44. The maximum absolute atomic E-state index is 11.1. The Labute approximate surface area is 127 Å². The van der Waals surface area contributed by atoms with Crippen molar-refractivity contribution in [1.82, 2.24) is 0 Å². The van der Waals surface area contributed by atoms with E-state index in [1.807, 2.05) is 0 Å². The molecule has 1 aliphatic heterocycles. The fraction of sp³-hybridized carbons (Fsp3) is 0.786. The molecule has 0 saturated carbocycles. The summed E-state index contributed by atoms with van der Waals surface area (Å²) in [6.07, 6.45) is -3.79. The second-order valence-corrected chi connectivity index (χ2v) is 5.62. The van der Waals surface area contributed by atoms with Crippen molar-refractivity contribution in [2.75, 3.05) is 13.2 Å². The van der Waals surface area contributed by atoms with Gasteiger partial charge in [0.1, 0.15) is 24.4 Å². The van der Waals surface area contributed by atoms with Crippen LogP contribution in [0.5, 0.6) is 0 Å². The molecule has 8 heteroatoms. The average molecular weight is 318 g/mol. The van der Waals surface area contributed by atoms with Gasteiger partial charge in [0.15, 0.2) is 12.1 Å². The Bertz CT molecular complexity index is 410. The molecule has 22 heavy (non-hydrogen) atoms. The first-order valence-corrected chi connectivity index (χ1v) is 7.25. The van der Waals surface area contributed by atoms with Crippen LogP contribution in [0.2, 0.25) is 0 Å². The third-order valence-corrected chi connectivity index (χ3v) is 4.00. The summed E-state index contributed by atoms with van der Waals surface area (Å²) < 4.78 is 10.5. The van der Waals surface area contributed by atoms with E-state index < -0.39 is 43.4 Å². The number of aliphatic hydroxyl groups is 5. The van der Waals surface area contributed by atoms with Gasteiger partial charge >= 0.3 is 0 Å². The van der Waals surface area contributed by atoms with Crippen LogP contribution in [0, 0.1) is 5.92 Å². The van der Waals surface area contributed by atoms with E-state index in [9.17, 15) is 25.2 Å². The lowest BCUT2D eigenvalue weighted by molar-refractivity contribution is -0.301. The minimum absolute atomic E-state index is 0.0288. The van der Waals surface area contributed by atoms with E-state index in [1.54, 1.807) is 6.08 Å². The lowest BCUT2D eigenvalue weighted by atomic mass is 9.99. The molecule has 0 amide bonds. The Balaban J connectivity index is 1.78. The second-order valence-electron chi connectivity index (χ2n) is 5.62. The number of carbonyl (C=O) groups excluding carboxylic acids is 1. The number of ether oxygens (including phenoxy) is 2. The molecule has 1 saturated heterocycles. The van der Waals surface area contributed by atoms with Gasteiger partial charge in [-0.25, -0.2) is 0 Å². The van der Waals surface area contributed by atoms with Crippen molar-refractivity contribution in [3.63, 3.8) is 0 Å². The quantitative estimate of drug-likeness (QED) is 0.369. The third-order valence-electron chi connectivity index (χ3n) is 4.00. The highest BCUT2D eigenvalue weighted by atomic mass is 16.7. The Hall–Kier alpha value is -0.870. The molecule has 0 bridgehead atoms. The molecule has 0 aromatic heterocycles. The zero-order valence-electron chi connectivity index (χ0n) is 12.0. The van der Waals surface area contributed by atoms with Crippen molar-refractivity contribution in [1.29, 1.82) is 0 Å². The molecule has 1 aliphatic carbocycles. The van der Waals surface area contributed by atoms with Crippen molar-refractivity contribution in [3.8, 4) is 0 Å². The molecule has 8 nitrogen and oxygen atoms in total. The molecule has 1 fully saturated rings. The second kappa shape index (κ2) is 7.60. The van der Waals surface area contributed by atoms with E-state index >= 15 is 0 Å². The molecular weight excluding hydrogens is 296 g/mol. The lowest BCUT2D eigenvalue weighted by Gasteiger charge is -2.39. The zero-order chi connectivity index (χ0) is 16.3. The smallest absolute Gasteiger partial charge is 0.186 e. The van der Waals surface area contributed by atoms with Crippen molar-refractivity contribution in [2.24, 2.45) is 5.92 Å². The molecule has 0 radical (unpaired) electrons. The molecule has 5 N–H and O–H groups in total. The molecular formula is C14H22O8. The monoisotopic (exact) mass is 318 g/mol. The van der Waals surface area contributed by atoms with Crippen molar-refractivity contribution in [3.05, 3.63) is 12.2 Å². The van der Waals surface area contributed by atoms with E-state index in [0.717, 1.165) is 0 Å². The van der Waals surface area contributed by atoms with Crippen LogP contribution in [-0.4, -0.2) is 81.3 Å². The van der Waals surface area contributed by atoms with Crippen LogP contribution in [0.4, 0.5) is 0 Å². The van der Waals surface area contributed by atoms with Crippen molar-refractivity contribution in [2.45, 2.75) is 49.7 Å². The van der Waals surface area contributed by atoms with Crippen molar-refractivity contribution < 1.29 is 39.8 Å². The van der Waals surface area contributed by atoms with Crippen LogP contribution in [0.1, 0.15) is 12.8 Å². The van der Waals surface area contributed by atoms with Crippen LogP contribution in [0.15, 0.2) is 12.2 Å². The summed E-state index contributed by atoms with van der Waals surface area (Å²) in [6, 6.07) is 0. The molecule has 0 spiro atoms. The fourth-order valence-electron chi connectivity index (χ4n) is 2.59. The summed E-state index contributed by atoms with van der Waals surface area (Å²) in [4.78, 5) is 11.1.